The van der Waals surface area contributed by atoms with Crippen molar-refractivity contribution in [3.05, 3.63) is 35.1 Å². The molecular formula is C16H23FN2S. The van der Waals surface area contributed by atoms with Crippen LogP contribution in [0.25, 0.3) is 0 Å². The number of halogens is 1. The first-order valence-corrected chi connectivity index (χ1v) is 7.74. The van der Waals surface area contributed by atoms with Gasteiger partial charge in [-0.05, 0) is 44.0 Å². The van der Waals surface area contributed by atoms with Gasteiger partial charge in [0.15, 0.2) is 0 Å². The van der Waals surface area contributed by atoms with Crippen LogP contribution in [-0.4, -0.2) is 23.5 Å². The second-order valence-electron chi connectivity index (χ2n) is 5.87. The Labute approximate surface area is 126 Å². The maximum absolute atomic E-state index is 13.9. The van der Waals surface area contributed by atoms with Crippen molar-refractivity contribution in [3.8, 4) is 0 Å². The van der Waals surface area contributed by atoms with Gasteiger partial charge in [-0.1, -0.05) is 31.5 Å². The average molecular weight is 294 g/mol. The largest absolute Gasteiger partial charge is 0.389 e. The fourth-order valence-corrected chi connectivity index (χ4v) is 3.14. The van der Waals surface area contributed by atoms with Gasteiger partial charge in [0.2, 0.25) is 0 Å². The fourth-order valence-electron chi connectivity index (χ4n) is 3.02. The molecular weight excluding hydrogens is 271 g/mol. The van der Waals surface area contributed by atoms with Crippen molar-refractivity contribution < 1.29 is 4.39 Å². The Morgan fingerprint density at radius 3 is 2.70 bits per heavy atom. The minimum Gasteiger partial charge on any atom is -0.389 e. The molecule has 4 heteroatoms. The second kappa shape index (κ2) is 7.14. The summed E-state index contributed by atoms with van der Waals surface area (Å²) in [6.45, 7) is 1.65. The molecule has 0 spiro atoms. The lowest BCUT2D eigenvalue weighted by Gasteiger charge is -2.27. The molecule has 0 saturated heterocycles. The van der Waals surface area contributed by atoms with Crippen LogP contribution in [0.1, 0.15) is 43.2 Å². The van der Waals surface area contributed by atoms with Gasteiger partial charge >= 0.3 is 0 Å². The topological polar surface area (TPSA) is 29.3 Å². The average Bonchev–Trinajstić information content (AvgIpc) is 2.42. The summed E-state index contributed by atoms with van der Waals surface area (Å²) in [5, 5.41) is 0. The van der Waals surface area contributed by atoms with Crippen LogP contribution in [0.5, 0.6) is 0 Å². The summed E-state index contributed by atoms with van der Waals surface area (Å²) in [6, 6.07) is 4.87. The molecule has 0 atom stereocenters. The molecule has 0 radical (unpaired) electrons. The van der Waals surface area contributed by atoms with E-state index in [0.29, 0.717) is 17.1 Å². The predicted octanol–water partition coefficient (Wildman–Crippen LogP) is 3.47. The SMILES string of the molecule is CN(Cc1cc(C(N)=S)ccc1F)CC1CCCCC1. The Bertz CT molecular complexity index is 470. The Hall–Kier alpha value is -1.00. The molecule has 0 aliphatic heterocycles. The van der Waals surface area contributed by atoms with Crippen molar-refractivity contribution in [3.63, 3.8) is 0 Å². The zero-order valence-electron chi connectivity index (χ0n) is 12.1. The minimum absolute atomic E-state index is 0.180. The first-order valence-electron chi connectivity index (χ1n) is 7.33. The van der Waals surface area contributed by atoms with Crippen molar-refractivity contribution in [2.45, 2.75) is 38.6 Å². The lowest BCUT2D eigenvalue weighted by atomic mass is 9.89. The second-order valence-corrected chi connectivity index (χ2v) is 6.31. The summed E-state index contributed by atoms with van der Waals surface area (Å²) in [5.41, 5.74) is 7.02. The summed E-state index contributed by atoms with van der Waals surface area (Å²) in [6.07, 6.45) is 6.65. The van der Waals surface area contributed by atoms with E-state index in [2.05, 4.69) is 11.9 Å². The number of nitrogens with two attached hydrogens (primary N) is 1. The normalized spacial score (nSPS) is 16.6. The Balaban J connectivity index is 1.97. The molecule has 1 aliphatic carbocycles. The van der Waals surface area contributed by atoms with E-state index >= 15 is 0 Å². The minimum atomic E-state index is -0.180. The molecule has 1 aromatic carbocycles. The predicted molar refractivity (Wildman–Crippen MR) is 85.2 cm³/mol. The highest BCUT2D eigenvalue weighted by molar-refractivity contribution is 7.80. The zero-order valence-corrected chi connectivity index (χ0v) is 12.9. The first kappa shape index (κ1) is 15.4. The van der Waals surface area contributed by atoms with Gasteiger partial charge < -0.3 is 10.6 Å². The van der Waals surface area contributed by atoms with E-state index in [0.717, 1.165) is 18.0 Å². The maximum Gasteiger partial charge on any atom is 0.127 e. The summed E-state index contributed by atoms with van der Waals surface area (Å²) >= 11 is 4.95. The van der Waals surface area contributed by atoms with Gasteiger partial charge in [-0.15, -0.1) is 0 Å². The molecule has 20 heavy (non-hydrogen) atoms. The number of hydrogen-bond acceptors (Lipinski definition) is 2. The number of benzene rings is 1. The van der Waals surface area contributed by atoms with E-state index in [9.17, 15) is 4.39 Å². The van der Waals surface area contributed by atoms with Crippen molar-refractivity contribution in [1.82, 2.24) is 4.90 Å². The Kier molecular flexibility index (Phi) is 5.49. The summed E-state index contributed by atoms with van der Waals surface area (Å²) < 4.78 is 13.9. The van der Waals surface area contributed by atoms with Crippen LogP contribution in [-0.2, 0) is 6.54 Å². The van der Waals surface area contributed by atoms with Gasteiger partial charge in [-0.2, -0.15) is 0 Å². The lowest BCUT2D eigenvalue weighted by Crippen LogP contribution is -2.27. The van der Waals surface area contributed by atoms with Crippen molar-refractivity contribution in [1.29, 1.82) is 0 Å². The van der Waals surface area contributed by atoms with Crippen LogP contribution in [0, 0.1) is 11.7 Å². The quantitative estimate of drug-likeness (QED) is 0.843. The van der Waals surface area contributed by atoms with Gasteiger partial charge in [0.25, 0.3) is 0 Å². The van der Waals surface area contributed by atoms with Gasteiger partial charge in [-0.3, -0.25) is 0 Å². The molecule has 0 bridgehead atoms. The van der Waals surface area contributed by atoms with Crippen LogP contribution in [0.15, 0.2) is 18.2 Å². The molecule has 2 N–H and O–H groups in total. The molecule has 1 saturated carbocycles. The monoisotopic (exact) mass is 294 g/mol. The molecule has 0 heterocycles. The van der Waals surface area contributed by atoms with E-state index in [-0.39, 0.29) is 5.82 Å². The number of hydrogen-bond donors (Lipinski definition) is 1. The molecule has 0 unspecified atom stereocenters. The van der Waals surface area contributed by atoms with Gasteiger partial charge in [0, 0.05) is 24.2 Å². The highest BCUT2D eigenvalue weighted by Crippen LogP contribution is 2.24. The lowest BCUT2D eigenvalue weighted by molar-refractivity contribution is 0.226. The molecule has 2 rings (SSSR count). The van der Waals surface area contributed by atoms with E-state index in [1.54, 1.807) is 12.1 Å². The molecule has 0 aromatic heterocycles. The molecule has 1 aliphatic rings. The van der Waals surface area contributed by atoms with Gasteiger partial charge in [-0.25, -0.2) is 4.39 Å². The number of nitrogens with zero attached hydrogens (tertiary/aromatic N) is 1. The van der Waals surface area contributed by atoms with E-state index < -0.39 is 0 Å². The molecule has 110 valence electrons. The molecule has 1 fully saturated rings. The Morgan fingerprint density at radius 2 is 2.05 bits per heavy atom. The smallest absolute Gasteiger partial charge is 0.127 e. The molecule has 1 aromatic rings. The summed E-state index contributed by atoms with van der Waals surface area (Å²) in [4.78, 5) is 2.53. The van der Waals surface area contributed by atoms with Crippen molar-refractivity contribution in [2.75, 3.05) is 13.6 Å². The van der Waals surface area contributed by atoms with E-state index in [1.165, 1.54) is 38.2 Å². The van der Waals surface area contributed by atoms with Gasteiger partial charge in [0.05, 0.1) is 0 Å². The summed E-state index contributed by atoms with van der Waals surface area (Å²) in [7, 11) is 2.06. The Morgan fingerprint density at radius 1 is 1.35 bits per heavy atom. The first-order chi connectivity index (χ1) is 9.56. The highest BCUT2D eigenvalue weighted by atomic mass is 32.1. The maximum atomic E-state index is 13.9. The summed E-state index contributed by atoms with van der Waals surface area (Å²) in [5.74, 6) is 0.580. The third-order valence-electron chi connectivity index (χ3n) is 4.07. The van der Waals surface area contributed by atoms with Gasteiger partial charge in [0.1, 0.15) is 10.8 Å². The van der Waals surface area contributed by atoms with Crippen LogP contribution in [0.4, 0.5) is 4.39 Å². The van der Waals surface area contributed by atoms with E-state index in [1.807, 2.05) is 0 Å². The molecule has 0 amide bonds. The van der Waals surface area contributed by atoms with E-state index in [4.69, 9.17) is 18.0 Å². The molecule has 2 nitrogen and oxygen atoms in total. The van der Waals surface area contributed by atoms with Crippen molar-refractivity contribution in [2.24, 2.45) is 11.7 Å². The number of thiocarbonyl (C=S) groups is 1. The highest BCUT2D eigenvalue weighted by Gasteiger charge is 2.16. The number of rotatable bonds is 5. The van der Waals surface area contributed by atoms with Crippen LogP contribution in [0.2, 0.25) is 0 Å². The fraction of sp³-hybridized carbons (Fsp3) is 0.562. The van der Waals surface area contributed by atoms with Crippen LogP contribution < -0.4 is 5.73 Å². The van der Waals surface area contributed by atoms with Crippen LogP contribution >= 0.6 is 12.2 Å². The van der Waals surface area contributed by atoms with Crippen LogP contribution in [0.3, 0.4) is 0 Å². The third kappa shape index (κ3) is 4.25. The third-order valence-corrected chi connectivity index (χ3v) is 4.30. The standard InChI is InChI=1S/C16H23FN2S/c1-19(10-12-5-3-2-4-6-12)11-14-9-13(16(18)20)7-8-15(14)17/h7-9,12H,2-6,10-11H2,1H3,(H2,18,20). The zero-order chi connectivity index (χ0) is 14.5. The van der Waals surface area contributed by atoms with Crippen molar-refractivity contribution >= 4 is 17.2 Å².